The van der Waals surface area contributed by atoms with Gasteiger partial charge in [0.15, 0.2) is 0 Å². The summed E-state index contributed by atoms with van der Waals surface area (Å²) >= 11 is 6.14. The minimum atomic E-state index is -0.314. The summed E-state index contributed by atoms with van der Waals surface area (Å²) in [6.07, 6.45) is 3.99. The van der Waals surface area contributed by atoms with E-state index in [1.807, 2.05) is 23.1 Å². The van der Waals surface area contributed by atoms with Gasteiger partial charge < -0.3 is 9.88 Å². The van der Waals surface area contributed by atoms with E-state index < -0.39 is 0 Å². The van der Waals surface area contributed by atoms with Crippen LogP contribution in [0, 0.1) is 5.82 Å². The van der Waals surface area contributed by atoms with Crippen LogP contribution in [0.3, 0.4) is 0 Å². The predicted molar refractivity (Wildman–Crippen MR) is 102 cm³/mol. The molecule has 1 aliphatic heterocycles. The first-order chi connectivity index (χ1) is 12.6. The van der Waals surface area contributed by atoms with Gasteiger partial charge in [-0.2, -0.15) is 0 Å². The Balaban J connectivity index is 1.43. The number of hydrogen-bond donors (Lipinski definition) is 1. The van der Waals surface area contributed by atoms with Crippen LogP contribution < -0.4 is 0 Å². The summed E-state index contributed by atoms with van der Waals surface area (Å²) in [5, 5.41) is 1.89. The number of H-pyrrole nitrogens is 1. The normalized spacial score (nSPS) is 15.5. The Labute approximate surface area is 156 Å². The smallest absolute Gasteiger partial charge is 0.227 e. The third-order valence-corrected chi connectivity index (χ3v) is 5.50. The van der Waals surface area contributed by atoms with E-state index in [0.717, 1.165) is 28.8 Å². The summed E-state index contributed by atoms with van der Waals surface area (Å²) in [6, 6.07) is 12.4. The summed E-state index contributed by atoms with van der Waals surface area (Å²) in [7, 11) is 0. The zero-order valence-corrected chi connectivity index (χ0v) is 15.1. The number of piperidine rings is 1. The molecule has 0 aliphatic carbocycles. The molecule has 1 aliphatic rings. The molecule has 1 fully saturated rings. The van der Waals surface area contributed by atoms with Gasteiger partial charge in [0.05, 0.1) is 6.42 Å². The summed E-state index contributed by atoms with van der Waals surface area (Å²) in [6.45, 7) is 1.40. The molecule has 4 rings (SSSR count). The molecule has 0 spiro atoms. The maximum absolute atomic E-state index is 13.8. The minimum Gasteiger partial charge on any atom is -0.361 e. The Bertz CT molecular complexity index is 944. The van der Waals surface area contributed by atoms with Crippen LogP contribution in [0.1, 0.15) is 29.9 Å². The number of carbonyl (C=O) groups excluding carboxylic acids is 1. The number of nitrogens with one attached hydrogen (secondary N) is 1. The molecule has 1 amide bonds. The van der Waals surface area contributed by atoms with E-state index >= 15 is 0 Å². The van der Waals surface area contributed by atoms with Gasteiger partial charge in [-0.05, 0) is 54.2 Å². The lowest BCUT2D eigenvalue weighted by atomic mass is 9.89. The van der Waals surface area contributed by atoms with E-state index in [-0.39, 0.29) is 18.1 Å². The number of nitrogens with zero attached hydrogens (tertiary/aromatic N) is 1. The monoisotopic (exact) mass is 370 g/mol. The molecule has 0 radical (unpaired) electrons. The highest BCUT2D eigenvalue weighted by molar-refractivity contribution is 6.31. The van der Waals surface area contributed by atoms with Gasteiger partial charge in [-0.15, -0.1) is 0 Å². The first-order valence-corrected chi connectivity index (χ1v) is 9.27. The zero-order chi connectivity index (χ0) is 18.1. The molecular weight excluding hydrogens is 351 g/mol. The van der Waals surface area contributed by atoms with Crippen LogP contribution in [-0.2, 0) is 11.2 Å². The van der Waals surface area contributed by atoms with Gasteiger partial charge in [0, 0.05) is 35.2 Å². The summed E-state index contributed by atoms with van der Waals surface area (Å²) in [5.41, 5.74) is 2.82. The summed E-state index contributed by atoms with van der Waals surface area (Å²) in [4.78, 5) is 17.7. The van der Waals surface area contributed by atoms with Crippen LogP contribution in [0.25, 0.3) is 10.9 Å². The Morgan fingerprint density at radius 2 is 1.96 bits per heavy atom. The van der Waals surface area contributed by atoms with E-state index in [0.29, 0.717) is 24.6 Å². The third-order valence-electron chi connectivity index (χ3n) is 5.26. The van der Waals surface area contributed by atoms with Crippen LogP contribution in [0.2, 0.25) is 5.02 Å². The highest BCUT2D eigenvalue weighted by atomic mass is 35.5. The third kappa shape index (κ3) is 3.34. The minimum absolute atomic E-state index is 0.00415. The van der Waals surface area contributed by atoms with E-state index in [2.05, 4.69) is 11.2 Å². The van der Waals surface area contributed by atoms with Crippen LogP contribution in [0.4, 0.5) is 4.39 Å². The number of fused-ring (bicyclic) bond motifs is 1. The van der Waals surface area contributed by atoms with Crippen LogP contribution >= 0.6 is 11.6 Å². The average molecular weight is 371 g/mol. The van der Waals surface area contributed by atoms with E-state index in [1.54, 1.807) is 18.2 Å². The molecule has 1 saturated heterocycles. The van der Waals surface area contributed by atoms with Crippen LogP contribution in [0.5, 0.6) is 0 Å². The van der Waals surface area contributed by atoms with Crippen molar-refractivity contribution < 1.29 is 9.18 Å². The SMILES string of the molecule is O=C(Cc1ccccc1F)N1CCC(c2c[nH]c3ccc(Cl)cc23)CC1. The molecule has 1 N–H and O–H groups in total. The molecule has 26 heavy (non-hydrogen) atoms. The van der Waals surface area contributed by atoms with Gasteiger partial charge >= 0.3 is 0 Å². The first-order valence-electron chi connectivity index (χ1n) is 8.89. The number of aromatic amines is 1. The predicted octanol–water partition coefficient (Wildman–Crippen LogP) is 4.91. The second-order valence-electron chi connectivity index (χ2n) is 6.86. The van der Waals surface area contributed by atoms with Crippen molar-refractivity contribution in [1.82, 2.24) is 9.88 Å². The van der Waals surface area contributed by atoms with E-state index in [4.69, 9.17) is 11.6 Å². The average Bonchev–Trinajstić information content (AvgIpc) is 3.06. The maximum atomic E-state index is 13.8. The molecule has 1 aromatic heterocycles. The largest absolute Gasteiger partial charge is 0.361 e. The van der Waals surface area contributed by atoms with Crippen molar-refractivity contribution >= 4 is 28.4 Å². The molecule has 0 atom stereocenters. The van der Waals surface area contributed by atoms with Crippen molar-refractivity contribution in [2.24, 2.45) is 0 Å². The lowest BCUT2D eigenvalue weighted by Gasteiger charge is -2.32. The Hall–Kier alpha value is -2.33. The molecule has 3 aromatic rings. The van der Waals surface area contributed by atoms with E-state index in [9.17, 15) is 9.18 Å². The second-order valence-corrected chi connectivity index (χ2v) is 7.29. The number of halogens is 2. The lowest BCUT2D eigenvalue weighted by Crippen LogP contribution is -2.38. The molecule has 0 bridgehead atoms. The highest BCUT2D eigenvalue weighted by Crippen LogP contribution is 2.34. The number of likely N-dealkylation sites (tertiary alicyclic amines) is 1. The molecule has 2 aromatic carbocycles. The van der Waals surface area contributed by atoms with Gasteiger partial charge in [-0.3, -0.25) is 4.79 Å². The second kappa shape index (κ2) is 7.12. The number of carbonyl (C=O) groups is 1. The number of aromatic nitrogens is 1. The van der Waals surface area contributed by atoms with Gasteiger partial charge in [0.2, 0.25) is 5.91 Å². The van der Waals surface area contributed by atoms with Gasteiger partial charge in [-0.1, -0.05) is 29.8 Å². The topological polar surface area (TPSA) is 36.1 Å². The van der Waals surface area contributed by atoms with Gasteiger partial charge in [0.25, 0.3) is 0 Å². The highest BCUT2D eigenvalue weighted by Gasteiger charge is 2.25. The van der Waals surface area contributed by atoms with Crippen LogP contribution in [0.15, 0.2) is 48.7 Å². The number of amides is 1. The molecular formula is C21H20ClFN2O. The first kappa shape index (κ1) is 17.1. The lowest BCUT2D eigenvalue weighted by molar-refractivity contribution is -0.131. The summed E-state index contributed by atoms with van der Waals surface area (Å²) in [5.74, 6) is 0.0849. The summed E-state index contributed by atoms with van der Waals surface area (Å²) < 4.78 is 13.8. The molecule has 0 unspecified atom stereocenters. The number of benzene rings is 2. The van der Waals surface area contributed by atoms with Crippen molar-refractivity contribution in [3.05, 3.63) is 70.6 Å². The van der Waals surface area contributed by atoms with Crippen LogP contribution in [-0.4, -0.2) is 28.9 Å². The van der Waals surface area contributed by atoms with Crippen molar-refractivity contribution in [3.8, 4) is 0 Å². The standard InChI is InChI=1S/C21H20ClFN2O/c22-16-5-6-20-17(12-16)18(13-24-20)14-7-9-25(10-8-14)21(26)11-15-3-1-2-4-19(15)23/h1-6,12-14,24H,7-11H2. The zero-order valence-electron chi connectivity index (χ0n) is 14.3. The molecule has 2 heterocycles. The Morgan fingerprint density at radius 1 is 1.19 bits per heavy atom. The fourth-order valence-corrected chi connectivity index (χ4v) is 3.98. The maximum Gasteiger partial charge on any atom is 0.227 e. The molecule has 0 saturated carbocycles. The fourth-order valence-electron chi connectivity index (χ4n) is 3.81. The molecule has 5 heteroatoms. The van der Waals surface area contributed by atoms with Crippen molar-refractivity contribution in [2.75, 3.05) is 13.1 Å². The number of hydrogen-bond acceptors (Lipinski definition) is 1. The quantitative estimate of drug-likeness (QED) is 0.698. The van der Waals surface area contributed by atoms with Crippen molar-refractivity contribution in [2.45, 2.75) is 25.2 Å². The van der Waals surface area contributed by atoms with Crippen molar-refractivity contribution in [3.63, 3.8) is 0 Å². The van der Waals surface area contributed by atoms with Gasteiger partial charge in [0.1, 0.15) is 5.82 Å². The van der Waals surface area contributed by atoms with Crippen molar-refractivity contribution in [1.29, 1.82) is 0 Å². The number of rotatable bonds is 3. The van der Waals surface area contributed by atoms with Gasteiger partial charge in [-0.25, -0.2) is 4.39 Å². The van der Waals surface area contributed by atoms with E-state index in [1.165, 1.54) is 11.6 Å². The molecule has 134 valence electrons. The Morgan fingerprint density at radius 3 is 2.73 bits per heavy atom. The molecule has 3 nitrogen and oxygen atoms in total. The Kier molecular flexibility index (Phi) is 4.68. The fraction of sp³-hybridized carbons (Fsp3) is 0.286.